The quantitative estimate of drug-likeness (QED) is 0.660. The van der Waals surface area contributed by atoms with Crippen LogP contribution < -0.4 is 5.32 Å². The third-order valence-corrected chi connectivity index (χ3v) is 4.28. The number of aliphatic hydroxyl groups is 1. The van der Waals surface area contributed by atoms with Crippen LogP contribution in [0.15, 0.2) is 54.6 Å². The van der Waals surface area contributed by atoms with Crippen LogP contribution in [0.5, 0.6) is 0 Å². The molecule has 2 aliphatic rings. The lowest BCUT2D eigenvalue weighted by atomic mass is 9.93. The Balaban J connectivity index is 1.56. The summed E-state index contributed by atoms with van der Waals surface area (Å²) in [6, 6.07) is 10.3. The van der Waals surface area contributed by atoms with Gasteiger partial charge in [0.05, 0.1) is 6.61 Å². The topological polar surface area (TPSA) is 41.5 Å². The highest BCUT2D eigenvalue weighted by Crippen LogP contribution is 2.28. The summed E-state index contributed by atoms with van der Waals surface area (Å²) in [6.45, 7) is 2.71. The molecule has 3 heteroatoms. The standard InChI is InChI=1S/C18H23NO2/c20-18(21-14-15-8-12-19-13-9-15)10-6-17(7-11-18)16-4-2-1-3-5-16/h1-7,10-11,15,17,19-20H,8-9,12-14H2. The van der Waals surface area contributed by atoms with E-state index in [9.17, 15) is 5.11 Å². The molecule has 0 radical (unpaired) electrons. The summed E-state index contributed by atoms with van der Waals surface area (Å²) < 4.78 is 5.75. The average molecular weight is 285 g/mol. The zero-order valence-corrected chi connectivity index (χ0v) is 12.2. The summed E-state index contributed by atoms with van der Waals surface area (Å²) in [5.41, 5.74) is 1.23. The number of allylic oxidation sites excluding steroid dienone is 2. The fraction of sp³-hybridized carbons (Fsp3) is 0.444. The fourth-order valence-corrected chi connectivity index (χ4v) is 2.90. The summed E-state index contributed by atoms with van der Waals surface area (Å²) in [7, 11) is 0. The van der Waals surface area contributed by atoms with Crippen LogP contribution in [0.2, 0.25) is 0 Å². The van der Waals surface area contributed by atoms with Crippen molar-refractivity contribution in [2.75, 3.05) is 19.7 Å². The van der Waals surface area contributed by atoms with Crippen LogP contribution in [0.3, 0.4) is 0 Å². The van der Waals surface area contributed by atoms with E-state index >= 15 is 0 Å². The number of rotatable bonds is 4. The Kier molecular flexibility index (Phi) is 4.54. The third-order valence-electron chi connectivity index (χ3n) is 4.28. The summed E-state index contributed by atoms with van der Waals surface area (Å²) in [5.74, 6) is -0.478. The van der Waals surface area contributed by atoms with Gasteiger partial charge >= 0.3 is 0 Å². The number of benzene rings is 1. The van der Waals surface area contributed by atoms with Crippen molar-refractivity contribution in [2.45, 2.75) is 24.5 Å². The van der Waals surface area contributed by atoms with Gasteiger partial charge in [-0.3, -0.25) is 0 Å². The van der Waals surface area contributed by atoms with Gasteiger partial charge in [-0.15, -0.1) is 0 Å². The Hall–Kier alpha value is -1.42. The van der Waals surface area contributed by atoms with Crippen LogP contribution in [0.4, 0.5) is 0 Å². The van der Waals surface area contributed by atoms with Crippen LogP contribution in [0.25, 0.3) is 0 Å². The minimum absolute atomic E-state index is 0.217. The Labute approximate surface area is 126 Å². The highest BCUT2D eigenvalue weighted by molar-refractivity contribution is 5.33. The summed E-state index contributed by atoms with van der Waals surface area (Å²) in [6.07, 6.45) is 9.80. The molecule has 1 aromatic carbocycles. The van der Waals surface area contributed by atoms with E-state index in [1.807, 2.05) is 30.4 Å². The molecule has 3 rings (SSSR count). The van der Waals surface area contributed by atoms with E-state index in [1.165, 1.54) is 5.56 Å². The second kappa shape index (κ2) is 6.56. The molecule has 1 fully saturated rings. The molecule has 0 amide bonds. The van der Waals surface area contributed by atoms with Gasteiger partial charge in [-0.25, -0.2) is 0 Å². The van der Waals surface area contributed by atoms with E-state index in [1.54, 1.807) is 12.2 Å². The number of hydrogen-bond acceptors (Lipinski definition) is 3. The van der Waals surface area contributed by atoms with Crippen molar-refractivity contribution in [3.63, 3.8) is 0 Å². The van der Waals surface area contributed by atoms with Gasteiger partial charge in [-0.05, 0) is 49.6 Å². The molecule has 21 heavy (non-hydrogen) atoms. The maximum atomic E-state index is 10.5. The summed E-state index contributed by atoms with van der Waals surface area (Å²) >= 11 is 0. The molecule has 0 spiro atoms. The lowest BCUT2D eigenvalue weighted by molar-refractivity contribution is -0.142. The SMILES string of the molecule is OC1(OCC2CCNCC2)C=CC(c2ccccc2)C=C1. The van der Waals surface area contributed by atoms with Crippen molar-refractivity contribution in [3.05, 3.63) is 60.2 Å². The molecule has 1 aromatic rings. The second-order valence-corrected chi connectivity index (χ2v) is 5.91. The minimum Gasteiger partial charge on any atom is -0.359 e. The molecule has 0 atom stereocenters. The van der Waals surface area contributed by atoms with Crippen molar-refractivity contribution < 1.29 is 9.84 Å². The van der Waals surface area contributed by atoms with Crippen molar-refractivity contribution in [1.82, 2.24) is 5.32 Å². The van der Waals surface area contributed by atoms with Crippen LogP contribution in [-0.4, -0.2) is 30.6 Å². The van der Waals surface area contributed by atoms with Crippen LogP contribution in [0, 0.1) is 5.92 Å². The van der Waals surface area contributed by atoms with Crippen molar-refractivity contribution in [2.24, 2.45) is 5.92 Å². The Morgan fingerprint density at radius 3 is 2.43 bits per heavy atom. The number of hydrogen-bond donors (Lipinski definition) is 2. The first-order valence-corrected chi connectivity index (χ1v) is 7.76. The fourth-order valence-electron chi connectivity index (χ4n) is 2.90. The molecule has 0 aromatic heterocycles. The highest BCUT2D eigenvalue weighted by Gasteiger charge is 2.26. The number of nitrogens with one attached hydrogen (secondary N) is 1. The molecule has 3 nitrogen and oxygen atoms in total. The third kappa shape index (κ3) is 3.82. The van der Waals surface area contributed by atoms with Crippen molar-refractivity contribution in [1.29, 1.82) is 0 Å². The van der Waals surface area contributed by atoms with Gasteiger partial charge in [0.1, 0.15) is 0 Å². The van der Waals surface area contributed by atoms with E-state index < -0.39 is 5.79 Å². The monoisotopic (exact) mass is 285 g/mol. The van der Waals surface area contributed by atoms with Crippen LogP contribution >= 0.6 is 0 Å². The van der Waals surface area contributed by atoms with Crippen LogP contribution in [-0.2, 0) is 4.74 Å². The largest absolute Gasteiger partial charge is 0.359 e. The maximum Gasteiger partial charge on any atom is 0.205 e. The predicted molar refractivity (Wildman–Crippen MR) is 84.0 cm³/mol. The Morgan fingerprint density at radius 1 is 1.10 bits per heavy atom. The summed E-state index contributed by atoms with van der Waals surface area (Å²) in [4.78, 5) is 0. The lowest BCUT2D eigenvalue weighted by Crippen LogP contribution is -2.35. The minimum atomic E-state index is -1.24. The maximum absolute atomic E-state index is 10.5. The molecule has 0 saturated carbocycles. The first-order valence-electron chi connectivity index (χ1n) is 7.76. The molecule has 1 aliphatic heterocycles. The van der Waals surface area contributed by atoms with Gasteiger partial charge in [0.2, 0.25) is 5.79 Å². The van der Waals surface area contributed by atoms with Gasteiger partial charge in [0.15, 0.2) is 0 Å². The molecular weight excluding hydrogens is 262 g/mol. The molecule has 1 aliphatic carbocycles. The van der Waals surface area contributed by atoms with Gasteiger partial charge in [0.25, 0.3) is 0 Å². The predicted octanol–water partition coefficient (Wildman–Crippen LogP) is 2.60. The van der Waals surface area contributed by atoms with E-state index in [-0.39, 0.29) is 5.92 Å². The zero-order valence-electron chi connectivity index (χ0n) is 12.2. The molecule has 0 unspecified atom stereocenters. The number of piperidine rings is 1. The molecular formula is C18H23NO2. The van der Waals surface area contributed by atoms with Crippen molar-refractivity contribution >= 4 is 0 Å². The smallest absolute Gasteiger partial charge is 0.205 e. The van der Waals surface area contributed by atoms with Crippen molar-refractivity contribution in [3.8, 4) is 0 Å². The van der Waals surface area contributed by atoms with E-state index in [4.69, 9.17) is 4.74 Å². The van der Waals surface area contributed by atoms with E-state index in [0.717, 1.165) is 25.9 Å². The van der Waals surface area contributed by atoms with Gasteiger partial charge in [0, 0.05) is 5.92 Å². The normalized spacial score (nSPS) is 29.7. The molecule has 1 saturated heterocycles. The second-order valence-electron chi connectivity index (χ2n) is 5.91. The Bertz CT molecular complexity index is 489. The first-order chi connectivity index (χ1) is 10.3. The van der Waals surface area contributed by atoms with Gasteiger partial charge in [-0.2, -0.15) is 0 Å². The van der Waals surface area contributed by atoms with E-state index in [2.05, 4.69) is 17.4 Å². The van der Waals surface area contributed by atoms with Gasteiger partial charge < -0.3 is 15.2 Å². The molecule has 1 heterocycles. The summed E-state index contributed by atoms with van der Waals surface area (Å²) in [5, 5.41) is 13.8. The first kappa shape index (κ1) is 14.5. The average Bonchev–Trinajstić information content (AvgIpc) is 2.56. The zero-order chi connectivity index (χ0) is 14.5. The highest BCUT2D eigenvalue weighted by atomic mass is 16.6. The molecule has 2 N–H and O–H groups in total. The number of ether oxygens (including phenoxy) is 1. The van der Waals surface area contributed by atoms with Crippen LogP contribution in [0.1, 0.15) is 24.3 Å². The lowest BCUT2D eigenvalue weighted by Gasteiger charge is -2.29. The molecule has 0 bridgehead atoms. The Morgan fingerprint density at radius 2 is 1.76 bits per heavy atom. The molecule has 112 valence electrons. The van der Waals surface area contributed by atoms with E-state index in [0.29, 0.717) is 12.5 Å². The van der Waals surface area contributed by atoms with Gasteiger partial charge in [-0.1, -0.05) is 42.5 Å².